The summed E-state index contributed by atoms with van der Waals surface area (Å²) in [6.45, 7) is 5.39. The highest BCUT2D eigenvalue weighted by molar-refractivity contribution is 5.88. The molecule has 0 saturated heterocycles. The highest BCUT2D eigenvalue weighted by Gasteiger charge is 2.13. The first kappa shape index (κ1) is 13.8. The summed E-state index contributed by atoms with van der Waals surface area (Å²) in [5, 5.41) is 3.54. The van der Waals surface area contributed by atoms with Gasteiger partial charge in [0.2, 0.25) is 0 Å². The van der Waals surface area contributed by atoms with Gasteiger partial charge in [0.1, 0.15) is 5.60 Å². The molecule has 94 valence electrons. The van der Waals surface area contributed by atoms with Gasteiger partial charge in [-0.05, 0) is 37.9 Å². The van der Waals surface area contributed by atoms with Crippen molar-refractivity contribution in [3.63, 3.8) is 0 Å². The summed E-state index contributed by atoms with van der Waals surface area (Å²) >= 11 is 0. The molecule has 0 amide bonds. The second-order valence-electron chi connectivity index (χ2n) is 4.62. The Balaban J connectivity index is 2.85. The molecule has 0 bridgehead atoms. The van der Waals surface area contributed by atoms with Gasteiger partial charge in [0.05, 0.1) is 0 Å². The van der Waals surface area contributed by atoms with E-state index in [0.29, 0.717) is 11.3 Å². The lowest BCUT2D eigenvalue weighted by atomic mass is 10.1. The molecule has 0 heterocycles. The minimum atomic E-state index is -0.522. The number of benzene rings is 1. The molecule has 1 aromatic carbocycles. The van der Waals surface area contributed by atoms with Gasteiger partial charge in [-0.15, -0.1) is 0 Å². The van der Waals surface area contributed by atoms with E-state index < -0.39 is 11.6 Å². The molecule has 5 heteroatoms. The topological polar surface area (TPSA) is 75.1 Å². The number of azide groups is 1. The van der Waals surface area contributed by atoms with Crippen molar-refractivity contribution in [3.05, 3.63) is 46.3 Å². The van der Waals surface area contributed by atoms with E-state index in [-0.39, 0.29) is 0 Å². The first-order chi connectivity index (χ1) is 8.42. The van der Waals surface area contributed by atoms with Crippen molar-refractivity contribution in [1.29, 1.82) is 0 Å². The lowest BCUT2D eigenvalue weighted by Gasteiger charge is -2.17. The van der Waals surface area contributed by atoms with Crippen LogP contribution in [0.25, 0.3) is 16.5 Å². The number of carbonyl (C=O) groups is 1. The van der Waals surface area contributed by atoms with E-state index >= 15 is 0 Å². The molecule has 0 spiro atoms. The molecule has 0 fully saturated rings. The fourth-order valence-electron chi connectivity index (χ4n) is 1.26. The maximum Gasteiger partial charge on any atom is 0.331 e. The second kappa shape index (κ2) is 5.89. The van der Waals surface area contributed by atoms with E-state index in [0.717, 1.165) is 0 Å². The lowest BCUT2D eigenvalue weighted by Crippen LogP contribution is -2.22. The Hall–Kier alpha value is -2.26. The third kappa shape index (κ3) is 4.72. The van der Waals surface area contributed by atoms with Gasteiger partial charge in [-0.1, -0.05) is 29.4 Å². The summed E-state index contributed by atoms with van der Waals surface area (Å²) in [6, 6.07) is 6.99. The maximum absolute atomic E-state index is 11.5. The molecule has 0 atom stereocenters. The summed E-state index contributed by atoms with van der Waals surface area (Å²) < 4.78 is 5.13. The zero-order valence-electron chi connectivity index (χ0n) is 10.6. The van der Waals surface area contributed by atoms with Crippen LogP contribution < -0.4 is 0 Å². The summed E-state index contributed by atoms with van der Waals surface area (Å²) in [6.07, 6.45) is 2.88. The van der Waals surface area contributed by atoms with Crippen LogP contribution in [0.4, 0.5) is 5.69 Å². The highest BCUT2D eigenvalue weighted by Crippen LogP contribution is 2.20. The first-order valence-corrected chi connectivity index (χ1v) is 5.47. The third-order valence-electron chi connectivity index (χ3n) is 1.89. The van der Waals surface area contributed by atoms with Gasteiger partial charge in [-0.2, -0.15) is 0 Å². The molecular formula is C13H15N3O2. The van der Waals surface area contributed by atoms with E-state index in [1.165, 1.54) is 6.08 Å². The molecular weight excluding hydrogens is 230 g/mol. The monoisotopic (exact) mass is 245 g/mol. The second-order valence-corrected chi connectivity index (χ2v) is 4.62. The predicted molar refractivity (Wildman–Crippen MR) is 70.1 cm³/mol. The Morgan fingerprint density at radius 2 is 2.06 bits per heavy atom. The standard InChI is InChI=1S/C13H15N3O2/c1-13(2,3)18-12(17)9-8-10-6-4-5-7-11(10)15-16-14/h4-9H,1-3H3/b9-8+. The van der Waals surface area contributed by atoms with Crippen molar-refractivity contribution in [2.24, 2.45) is 5.11 Å². The lowest BCUT2D eigenvalue weighted by molar-refractivity contribution is -0.148. The molecule has 5 nitrogen and oxygen atoms in total. The number of carbonyl (C=O) groups excluding carboxylic acids is 1. The number of rotatable bonds is 3. The van der Waals surface area contributed by atoms with Crippen molar-refractivity contribution in [1.82, 2.24) is 0 Å². The van der Waals surface area contributed by atoms with E-state index in [9.17, 15) is 4.79 Å². The average Bonchev–Trinajstić information content (AvgIpc) is 2.26. The van der Waals surface area contributed by atoms with Gasteiger partial charge in [0.15, 0.2) is 0 Å². The molecule has 1 rings (SSSR count). The van der Waals surface area contributed by atoms with Gasteiger partial charge >= 0.3 is 5.97 Å². The Morgan fingerprint density at radius 3 is 2.67 bits per heavy atom. The van der Waals surface area contributed by atoms with Gasteiger partial charge < -0.3 is 4.74 Å². The molecule has 0 aliphatic heterocycles. The number of ether oxygens (including phenoxy) is 1. The molecule has 0 radical (unpaired) electrons. The summed E-state index contributed by atoms with van der Waals surface area (Å²) in [5.41, 5.74) is 9.03. The SMILES string of the molecule is CC(C)(C)OC(=O)/C=C/c1ccccc1N=[N+]=[N-]. The quantitative estimate of drug-likeness (QED) is 0.265. The molecule has 1 aromatic rings. The average molecular weight is 245 g/mol. The Morgan fingerprint density at radius 1 is 1.39 bits per heavy atom. The highest BCUT2D eigenvalue weighted by atomic mass is 16.6. The van der Waals surface area contributed by atoms with Gasteiger partial charge in [-0.3, -0.25) is 0 Å². The number of esters is 1. The number of hydrogen-bond donors (Lipinski definition) is 0. The fourth-order valence-corrected chi connectivity index (χ4v) is 1.26. The van der Waals surface area contributed by atoms with Crippen LogP contribution in [0.15, 0.2) is 35.5 Å². The Kier molecular flexibility index (Phi) is 4.52. The summed E-state index contributed by atoms with van der Waals surface area (Å²) in [5.74, 6) is -0.432. The maximum atomic E-state index is 11.5. The smallest absolute Gasteiger partial charge is 0.331 e. The fraction of sp³-hybridized carbons (Fsp3) is 0.308. The molecule has 18 heavy (non-hydrogen) atoms. The first-order valence-electron chi connectivity index (χ1n) is 5.47. The van der Waals surface area contributed by atoms with Crippen molar-refractivity contribution in [3.8, 4) is 0 Å². The van der Waals surface area contributed by atoms with Crippen LogP contribution in [0.1, 0.15) is 26.3 Å². The summed E-state index contributed by atoms with van der Waals surface area (Å²) in [4.78, 5) is 14.2. The Bertz CT molecular complexity index is 509. The number of hydrogen-bond acceptors (Lipinski definition) is 3. The summed E-state index contributed by atoms with van der Waals surface area (Å²) in [7, 11) is 0. The number of nitrogens with zero attached hydrogens (tertiary/aromatic N) is 3. The van der Waals surface area contributed by atoms with Gasteiger partial charge in [-0.25, -0.2) is 4.79 Å². The van der Waals surface area contributed by atoms with Crippen LogP contribution in [0.3, 0.4) is 0 Å². The van der Waals surface area contributed by atoms with E-state index in [2.05, 4.69) is 10.0 Å². The normalized spacial score (nSPS) is 11.1. The van der Waals surface area contributed by atoms with Gasteiger partial charge in [0, 0.05) is 16.7 Å². The minimum absolute atomic E-state index is 0.432. The zero-order chi connectivity index (χ0) is 13.6. The zero-order valence-corrected chi connectivity index (χ0v) is 10.6. The molecule has 0 aromatic heterocycles. The van der Waals surface area contributed by atoms with Crippen LogP contribution in [0.5, 0.6) is 0 Å². The Labute approximate surface area is 106 Å². The van der Waals surface area contributed by atoms with E-state index in [1.54, 1.807) is 51.1 Å². The van der Waals surface area contributed by atoms with Crippen molar-refractivity contribution in [2.45, 2.75) is 26.4 Å². The van der Waals surface area contributed by atoms with Gasteiger partial charge in [0.25, 0.3) is 0 Å². The van der Waals surface area contributed by atoms with Crippen molar-refractivity contribution < 1.29 is 9.53 Å². The van der Waals surface area contributed by atoms with Crippen LogP contribution in [0, 0.1) is 0 Å². The van der Waals surface area contributed by atoms with Crippen LogP contribution in [0.2, 0.25) is 0 Å². The van der Waals surface area contributed by atoms with Crippen LogP contribution >= 0.6 is 0 Å². The molecule has 0 unspecified atom stereocenters. The predicted octanol–water partition coefficient (Wildman–Crippen LogP) is 3.98. The minimum Gasteiger partial charge on any atom is -0.457 e. The van der Waals surface area contributed by atoms with Crippen molar-refractivity contribution >= 4 is 17.7 Å². The molecule has 0 aliphatic rings. The largest absolute Gasteiger partial charge is 0.457 e. The van der Waals surface area contributed by atoms with E-state index in [1.807, 2.05) is 0 Å². The van der Waals surface area contributed by atoms with Crippen LogP contribution in [-0.2, 0) is 9.53 Å². The molecule has 0 saturated carbocycles. The van der Waals surface area contributed by atoms with E-state index in [4.69, 9.17) is 10.3 Å². The van der Waals surface area contributed by atoms with Crippen molar-refractivity contribution in [2.75, 3.05) is 0 Å². The molecule has 0 aliphatic carbocycles. The van der Waals surface area contributed by atoms with Crippen LogP contribution in [-0.4, -0.2) is 11.6 Å². The molecule has 0 N–H and O–H groups in total. The third-order valence-corrected chi connectivity index (χ3v) is 1.89.